The lowest BCUT2D eigenvalue weighted by Crippen LogP contribution is -2.39. The zero-order valence-electron chi connectivity index (χ0n) is 12.6. The van der Waals surface area contributed by atoms with Crippen LogP contribution in [0.4, 0.5) is 0 Å². The monoisotopic (exact) mass is 281 g/mol. The zero-order chi connectivity index (χ0) is 14.7. The summed E-state index contributed by atoms with van der Waals surface area (Å²) in [4.78, 5) is 0. The lowest BCUT2D eigenvalue weighted by Gasteiger charge is -2.29. The molecule has 21 heavy (non-hydrogen) atoms. The van der Waals surface area contributed by atoms with E-state index >= 15 is 0 Å². The highest BCUT2D eigenvalue weighted by atomic mass is 16.5. The van der Waals surface area contributed by atoms with E-state index < -0.39 is 0 Å². The number of hydrogen-bond acceptors (Lipinski definition) is 2. The normalized spacial score (nSPS) is 18.7. The predicted molar refractivity (Wildman–Crippen MR) is 86.6 cm³/mol. The van der Waals surface area contributed by atoms with Crippen LogP contribution in [-0.2, 0) is 19.3 Å². The summed E-state index contributed by atoms with van der Waals surface area (Å²) in [6, 6.07) is 17.2. The van der Waals surface area contributed by atoms with Crippen molar-refractivity contribution in [3.8, 4) is 5.75 Å². The lowest BCUT2D eigenvalue weighted by molar-refractivity contribution is 0.199. The van der Waals surface area contributed by atoms with Crippen molar-refractivity contribution >= 4 is 0 Å². The first-order chi connectivity index (χ1) is 10.3. The molecule has 110 valence electrons. The van der Waals surface area contributed by atoms with Crippen molar-refractivity contribution in [1.82, 2.24) is 0 Å². The van der Waals surface area contributed by atoms with Gasteiger partial charge in [0, 0.05) is 12.0 Å². The van der Waals surface area contributed by atoms with Crippen molar-refractivity contribution in [3.05, 3.63) is 65.2 Å². The van der Waals surface area contributed by atoms with E-state index in [1.54, 1.807) is 0 Å². The number of benzene rings is 2. The average Bonchev–Trinajstić information content (AvgIpc) is 2.55. The second kappa shape index (κ2) is 6.31. The Hall–Kier alpha value is -1.80. The average molecular weight is 281 g/mol. The number of para-hydroxylation sites is 1. The van der Waals surface area contributed by atoms with Gasteiger partial charge in [-0.2, -0.15) is 0 Å². The van der Waals surface area contributed by atoms with E-state index in [9.17, 15) is 0 Å². The molecule has 0 aliphatic carbocycles. The van der Waals surface area contributed by atoms with Crippen molar-refractivity contribution < 1.29 is 4.74 Å². The number of rotatable bonds is 4. The molecule has 3 rings (SSSR count). The van der Waals surface area contributed by atoms with Gasteiger partial charge in [-0.15, -0.1) is 0 Å². The van der Waals surface area contributed by atoms with E-state index in [0.29, 0.717) is 5.92 Å². The van der Waals surface area contributed by atoms with Crippen LogP contribution in [0.3, 0.4) is 0 Å². The molecule has 0 fully saturated rings. The number of hydrogen-bond donors (Lipinski definition) is 1. The van der Waals surface area contributed by atoms with Gasteiger partial charge in [-0.25, -0.2) is 0 Å². The fourth-order valence-corrected chi connectivity index (χ4v) is 2.98. The topological polar surface area (TPSA) is 35.2 Å². The molecular formula is C19H23NO. The van der Waals surface area contributed by atoms with E-state index in [4.69, 9.17) is 10.5 Å². The van der Waals surface area contributed by atoms with Crippen LogP contribution in [0, 0.1) is 5.92 Å². The highest BCUT2D eigenvalue weighted by Crippen LogP contribution is 2.28. The molecule has 1 aliphatic heterocycles. The van der Waals surface area contributed by atoms with E-state index in [1.807, 2.05) is 12.1 Å². The van der Waals surface area contributed by atoms with E-state index in [2.05, 4.69) is 43.3 Å². The maximum absolute atomic E-state index is 6.43. The van der Waals surface area contributed by atoms with Crippen LogP contribution in [-0.4, -0.2) is 12.6 Å². The zero-order valence-corrected chi connectivity index (χ0v) is 12.6. The quantitative estimate of drug-likeness (QED) is 0.932. The van der Waals surface area contributed by atoms with Crippen LogP contribution in [0.1, 0.15) is 23.6 Å². The Labute approximate surface area is 126 Å². The Balaban J connectivity index is 1.64. The van der Waals surface area contributed by atoms with Crippen LogP contribution in [0.2, 0.25) is 0 Å². The number of ether oxygens (including phenoxy) is 1. The van der Waals surface area contributed by atoms with E-state index in [0.717, 1.165) is 31.6 Å². The number of nitrogens with two attached hydrogens (primary N) is 1. The third kappa shape index (κ3) is 3.27. The summed E-state index contributed by atoms with van der Waals surface area (Å²) in [7, 11) is 0. The Morgan fingerprint density at radius 3 is 2.57 bits per heavy atom. The summed E-state index contributed by atoms with van der Waals surface area (Å²) in [5.74, 6) is 1.42. The van der Waals surface area contributed by atoms with Crippen LogP contribution in [0.15, 0.2) is 48.5 Å². The van der Waals surface area contributed by atoms with Gasteiger partial charge in [-0.1, -0.05) is 49.4 Å². The minimum Gasteiger partial charge on any atom is -0.493 e. The molecule has 2 nitrogen and oxygen atoms in total. The first-order valence-corrected chi connectivity index (χ1v) is 7.80. The van der Waals surface area contributed by atoms with Gasteiger partial charge < -0.3 is 10.5 Å². The van der Waals surface area contributed by atoms with Crippen molar-refractivity contribution in [2.75, 3.05) is 6.61 Å². The molecule has 1 aliphatic rings. The minimum absolute atomic E-state index is 0.144. The van der Waals surface area contributed by atoms with Crippen LogP contribution in [0.25, 0.3) is 0 Å². The largest absolute Gasteiger partial charge is 0.493 e. The molecule has 2 heteroatoms. The Bertz CT molecular complexity index is 591. The van der Waals surface area contributed by atoms with Crippen LogP contribution in [0.5, 0.6) is 5.75 Å². The SMILES string of the molecule is CCc1ccc(CC(N)C2COc3ccccc3C2)cc1. The summed E-state index contributed by atoms with van der Waals surface area (Å²) < 4.78 is 5.85. The molecule has 0 radical (unpaired) electrons. The van der Waals surface area contributed by atoms with Crippen LogP contribution >= 0.6 is 0 Å². The van der Waals surface area contributed by atoms with E-state index in [-0.39, 0.29) is 6.04 Å². The van der Waals surface area contributed by atoms with Gasteiger partial charge in [-0.05, 0) is 42.0 Å². The standard InChI is InChI=1S/C19H23NO/c1-2-14-7-9-15(10-8-14)11-18(20)17-12-16-5-3-4-6-19(16)21-13-17/h3-10,17-18H,2,11-13,20H2,1H3. The summed E-state index contributed by atoms with van der Waals surface area (Å²) in [5, 5.41) is 0. The second-order valence-electron chi connectivity index (χ2n) is 5.92. The molecule has 2 aromatic carbocycles. The molecule has 0 spiro atoms. The van der Waals surface area contributed by atoms with Gasteiger partial charge in [0.15, 0.2) is 0 Å². The lowest BCUT2D eigenvalue weighted by atomic mass is 9.87. The number of aryl methyl sites for hydroxylation is 1. The summed E-state index contributed by atoms with van der Waals surface area (Å²) in [5.41, 5.74) is 10.4. The Morgan fingerprint density at radius 2 is 1.81 bits per heavy atom. The summed E-state index contributed by atoms with van der Waals surface area (Å²) in [6.45, 7) is 2.91. The smallest absolute Gasteiger partial charge is 0.122 e. The first kappa shape index (κ1) is 14.2. The molecular weight excluding hydrogens is 258 g/mol. The van der Waals surface area contributed by atoms with Gasteiger partial charge in [0.1, 0.15) is 5.75 Å². The highest BCUT2D eigenvalue weighted by Gasteiger charge is 2.25. The molecule has 2 unspecified atom stereocenters. The molecule has 2 aromatic rings. The van der Waals surface area contributed by atoms with Crippen molar-refractivity contribution in [2.45, 2.75) is 32.2 Å². The van der Waals surface area contributed by atoms with Gasteiger partial charge in [0.2, 0.25) is 0 Å². The van der Waals surface area contributed by atoms with E-state index in [1.165, 1.54) is 16.7 Å². The maximum atomic E-state index is 6.43. The molecule has 0 saturated carbocycles. The predicted octanol–water partition coefficient (Wildman–Crippen LogP) is 3.37. The van der Waals surface area contributed by atoms with Crippen molar-refractivity contribution in [3.63, 3.8) is 0 Å². The van der Waals surface area contributed by atoms with Gasteiger partial charge in [0.25, 0.3) is 0 Å². The third-order valence-electron chi connectivity index (χ3n) is 4.42. The molecule has 1 heterocycles. The maximum Gasteiger partial charge on any atom is 0.122 e. The summed E-state index contributed by atoms with van der Waals surface area (Å²) in [6.07, 6.45) is 3.02. The number of fused-ring (bicyclic) bond motifs is 1. The Kier molecular flexibility index (Phi) is 4.26. The Morgan fingerprint density at radius 1 is 1.10 bits per heavy atom. The van der Waals surface area contributed by atoms with Crippen molar-refractivity contribution in [2.24, 2.45) is 11.7 Å². The molecule has 0 bridgehead atoms. The first-order valence-electron chi connectivity index (χ1n) is 7.80. The van der Waals surface area contributed by atoms with Crippen molar-refractivity contribution in [1.29, 1.82) is 0 Å². The van der Waals surface area contributed by atoms with Gasteiger partial charge >= 0.3 is 0 Å². The molecule has 0 aromatic heterocycles. The van der Waals surface area contributed by atoms with Gasteiger partial charge in [-0.3, -0.25) is 0 Å². The third-order valence-corrected chi connectivity index (χ3v) is 4.42. The van der Waals surface area contributed by atoms with Crippen LogP contribution < -0.4 is 10.5 Å². The molecule has 2 N–H and O–H groups in total. The molecule has 0 amide bonds. The summed E-state index contributed by atoms with van der Waals surface area (Å²) >= 11 is 0. The second-order valence-corrected chi connectivity index (χ2v) is 5.92. The minimum atomic E-state index is 0.144. The molecule has 2 atom stereocenters. The fourth-order valence-electron chi connectivity index (χ4n) is 2.98. The van der Waals surface area contributed by atoms with Gasteiger partial charge in [0.05, 0.1) is 6.61 Å². The molecule has 0 saturated heterocycles. The fraction of sp³-hybridized carbons (Fsp3) is 0.368. The highest BCUT2D eigenvalue weighted by molar-refractivity contribution is 5.35.